The topological polar surface area (TPSA) is 79.8 Å². The van der Waals surface area contributed by atoms with Gasteiger partial charge in [0, 0.05) is 26.2 Å². The van der Waals surface area contributed by atoms with Gasteiger partial charge in [-0.15, -0.1) is 0 Å². The van der Waals surface area contributed by atoms with Gasteiger partial charge in [0.25, 0.3) is 0 Å². The molecule has 1 saturated heterocycles. The first-order valence-corrected chi connectivity index (χ1v) is 5.35. The summed E-state index contributed by atoms with van der Waals surface area (Å²) in [6.07, 6.45) is 1.33. The molecule has 0 unspecified atom stereocenters. The summed E-state index contributed by atoms with van der Waals surface area (Å²) in [7, 11) is 2.06. The van der Waals surface area contributed by atoms with Crippen LogP contribution >= 0.6 is 0 Å². The molecule has 1 fully saturated rings. The van der Waals surface area contributed by atoms with Crippen molar-refractivity contribution in [1.82, 2.24) is 14.9 Å². The molecule has 17 heavy (non-hydrogen) atoms. The monoisotopic (exact) mass is 228 g/mol. The Labute approximate surface area is 99.7 Å². The second kappa shape index (κ2) is 4.77. The number of anilines is 1. The molecule has 0 spiro atoms. The van der Waals surface area contributed by atoms with Crippen LogP contribution in [0, 0.1) is 22.7 Å². The second-order valence-electron chi connectivity index (χ2n) is 3.94. The molecule has 1 aromatic heterocycles. The Hall–Kier alpha value is -2.18. The molecule has 0 N–H and O–H groups in total. The summed E-state index contributed by atoms with van der Waals surface area (Å²) in [5.41, 5.74) is 0.534. The van der Waals surface area contributed by atoms with Crippen LogP contribution in [-0.2, 0) is 0 Å². The lowest BCUT2D eigenvalue weighted by Gasteiger charge is -2.33. The van der Waals surface area contributed by atoms with E-state index in [9.17, 15) is 0 Å². The number of nitriles is 2. The van der Waals surface area contributed by atoms with Gasteiger partial charge in [0.2, 0.25) is 0 Å². The molecule has 0 atom stereocenters. The third kappa shape index (κ3) is 2.32. The fourth-order valence-corrected chi connectivity index (χ4v) is 1.75. The summed E-state index contributed by atoms with van der Waals surface area (Å²) >= 11 is 0. The predicted octanol–water partition coefficient (Wildman–Crippen LogP) is -0.0282. The van der Waals surface area contributed by atoms with Gasteiger partial charge in [-0.25, -0.2) is 9.97 Å². The smallest absolute Gasteiger partial charge is 0.183 e. The minimum atomic E-state index is 0.248. The normalized spacial score (nSPS) is 16.3. The Balaban J connectivity index is 2.31. The van der Waals surface area contributed by atoms with Crippen LogP contribution in [-0.4, -0.2) is 48.1 Å². The van der Waals surface area contributed by atoms with Crippen molar-refractivity contribution < 1.29 is 0 Å². The first-order chi connectivity index (χ1) is 8.24. The highest BCUT2D eigenvalue weighted by Crippen LogP contribution is 2.16. The van der Waals surface area contributed by atoms with Gasteiger partial charge in [-0.05, 0) is 7.05 Å². The SMILES string of the molecule is CN1CCN(c2nc(C#N)cnc2C#N)CC1. The molecule has 2 heterocycles. The first kappa shape index (κ1) is 11.3. The van der Waals surface area contributed by atoms with E-state index in [4.69, 9.17) is 10.5 Å². The van der Waals surface area contributed by atoms with Gasteiger partial charge in [-0.1, -0.05) is 0 Å². The van der Waals surface area contributed by atoms with Crippen molar-refractivity contribution in [1.29, 1.82) is 10.5 Å². The number of rotatable bonds is 1. The summed E-state index contributed by atoms with van der Waals surface area (Å²) in [6, 6.07) is 3.96. The molecule has 6 heteroatoms. The van der Waals surface area contributed by atoms with Crippen LogP contribution in [0.4, 0.5) is 5.82 Å². The highest BCUT2D eigenvalue weighted by Gasteiger charge is 2.19. The molecule has 0 aliphatic carbocycles. The third-order valence-corrected chi connectivity index (χ3v) is 2.78. The molecule has 0 bridgehead atoms. The zero-order chi connectivity index (χ0) is 12.3. The molecule has 1 aliphatic heterocycles. The highest BCUT2D eigenvalue weighted by atomic mass is 15.3. The third-order valence-electron chi connectivity index (χ3n) is 2.78. The van der Waals surface area contributed by atoms with Gasteiger partial charge in [-0.2, -0.15) is 10.5 Å². The van der Waals surface area contributed by atoms with E-state index < -0.39 is 0 Å². The molecule has 6 nitrogen and oxygen atoms in total. The zero-order valence-corrected chi connectivity index (χ0v) is 9.59. The molecule has 86 valence electrons. The van der Waals surface area contributed by atoms with Crippen molar-refractivity contribution in [3.8, 4) is 12.1 Å². The van der Waals surface area contributed by atoms with Crippen molar-refractivity contribution in [2.45, 2.75) is 0 Å². The maximum absolute atomic E-state index is 8.99. The summed E-state index contributed by atoms with van der Waals surface area (Å²) in [4.78, 5) is 12.4. The van der Waals surface area contributed by atoms with Crippen LogP contribution in [0.15, 0.2) is 6.20 Å². The van der Waals surface area contributed by atoms with Crippen molar-refractivity contribution in [3.05, 3.63) is 17.6 Å². The minimum Gasteiger partial charge on any atom is -0.352 e. The average Bonchev–Trinajstić information content (AvgIpc) is 2.39. The van der Waals surface area contributed by atoms with Gasteiger partial charge in [0.05, 0.1) is 6.20 Å². The standard InChI is InChI=1S/C11H12N6/c1-16-2-4-17(5-3-16)11-10(7-13)14-8-9(6-12)15-11/h8H,2-5H2,1H3. The van der Waals surface area contributed by atoms with E-state index in [0.717, 1.165) is 26.2 Å². The number of likely N-dealkylation sites (N-methyl/N-ethyl adjacent to an activating group) is 1. The van der Waals surface area contributed by atoms with E-state index >= 15 is 0 Å². The number of piperazine rings is 1. The molecule has 2 rings (SSSR count). The summed E-state index contributed by atoms with van der Waals surface area (Å²) in [6.45, 7) is 3.44. The van der Waals surface area contributed by atoms with Gasteiger partial charge >= 0.3 is 0 Å². The van der Waals surface area contributed by atoms with Crippen molar-refractivity contribution in [3.63, 3.8) is 0 Å². The van der Waals surface area contributed by atoms with E-state index in [-0.39, 0.29) is 11.4 Å². The lowest BCUT2D eigenvalue weighted by Crippen LogP contribution is -2.45. The van der Waals surface area contributed by atoms with Crippen LogP contribution in [0.3, 0.4) is 0 Å². The van der Waals surface area contributed by atoms with Crippen LogP contribution in [0.2, 0.25) is 0 Å². The first-order valence-electron chi connectivity index (χ1n) is 5.35. The minimum absolute atomic E-state index is 0.248. The van der Waals surface area contributed by atoms with Gasteiger partial charge in [0.1, 0.15) is 12.1 Å². The van der Waals surface area contributed by atoms with Gasteiger partial charge in [-0.3, -0.25) is 0 Å². The number of hydrogen-bond acceptors (Lipinski definition) is 6. The quantitative estimate of drug-likeness (QED) is 0.671. The van der Waals surface area contributed by atoms with E-state index in [1.165, 1.54) is 6.20 Å². The summed E-state index contributed by atoms with van der Waals surface area (Å²) in [5, 5.41) is 17.8. The fourth-order valence-electron chi connectivity index (χ4n) is 1.75. The maximum Gasteiger partial charge on any atom is 0.183 e. The van der Waals surface area contributed by atoms with Crippen molar-refractivity contribution in [2.24, 2.45) is 0 Å². The molecular weight excluding hydrogens is 216 g/mol. The lowest BCUT2D eigenvalue weighted by molar-refractivity contribution is 0.312. The molecule has 1 aliphatic rings. The molecule has 1 aromatic rings. The Kier molecular flexibility index (Phi) is 3.17. The highest BCUT2D eigenvalue weighted by molar-refractivity contribution is 5.51. The summed E-state index contributed by atoms with van der Waals surface area (Å²) < 4.78 is 0. The van der Waals surface area contributed by atoms with E-state index in [0.29, 0.717) is 5.82 Å². The second-order valence-corrected chi connectivity index (χ2v) is 3.94. The maximum atomic E-state index is 8.99. The molecule has 0 aromatic carbocycles. The van der Waals surface area contributed by atoms with Crippen molar-refractivity contribution in [2.75, 3.05) is 38.1 Å². The Bertz CT molecular complexity index is 490. The number of hydrogen-bond donors (Lipinski definition) is 0. The molecule has 0 radical (unpaired) electrons. The van der Waals surface area contributed by atoms with Gasteiger partial charge < -0.3 is 9.80 Å². The van der Waals surface area contributed by atoms with Crippen LogP contribution in [0.25, 0.3) is 0 Å². The molecule has 0 saturated carbocycles. The predicted molar refractivity (Wildman–Crippen MR) is 61.2 cm³/mol. The average molecular weight is 228 g/mol. The molecule has 0 amide bonds. The zero-order valence-electron chi connectivity index (χ0n) is 9.59. The number of aromatic nitrogens is 2. The number of nitrogens with zero attached hydrogens (tertiary/aromatic N) is 6. The van der Waals surface area contributed by atoms with Gasteiger partial charge in [0.15, 0.2) is 17.2 Å². The van der Waals surface area contributed by atoms with Crippen LogP contribution in [0.1, 0.15) is 11.4 Å². The lowest BCUT2D eigenvalue weighted by atomic mass is 10.3. The Morgan fingerprint density at radius 1 is 1.18 bits per heavy atom. The molecular formula is C11H12N6. The van der Waals surface area contributed by atoms with E-state index in [2.05, 4.69) is 21.9 Å². The van der Waals surface area contributed by atoms with Crippen LogP contribution < -0.4 is 4.90 Å². The Morgan fingerprint density at radius 2 is 1.88 bits per heavy atom. The Morgan fingerprint density at radius 3 is 2.47 bits per heavy atom. The van der Waals surface area contributed by atoms with E-state index in [1.807, 2.05) is 17.0 Å². The largest absolute Gasteiger partial charge is 0.352 e. The van der Waals surface area contributed by atoms with Crippen molar-refractivity contribution >= 4 is 5.82 Å². The van der Waals surface area contributed by atoms with E-state index in [1.54, 1.807) is 0 Å². The summed E-state index contributed by atoms with van der Waals surface area (Å²) in [5.74, 6) is 0.527. The fraction of sp³-hybridized carbons (Fsp3) is 0.455. The van der Waals surface area contributed by atoms with Crippen LogP contribution in [0.5, 0.6) is 0 Å².